The molecule has 108 valence electrons. The molecule has 0 amide bonds. The molecule has 0 aromatic carbocycles. The molecule has 1 aromatic rings. The van der Waals surface area contributed by atoms with Gasteiger partial charge in [-0.05, 0) is 25.5 Å². The minimum absolute atomic E-state index is 0.0756. The molecule has 0 aliphatic rings. The van der Waals surface area contributed by atoms with Gasteiger partial charge < -0.3 is 23.7 Å². The third-order valence-corrected chi connectivity index (χ3v) is 2.47. The van der Waals surface area contributed by atoms with Crippen LogP contribution in [0.1, 0.15) is 35.8 Å². The summed E-state index contributed by atoms with van der Waals surface area (Å²) < 4.78 is 20.8. The Morgan fingerprint density at radius 3 is 2.74 bits per heavy atom. The summed E-state index contributed by atoms with van der Waals surface area (Å²) in [7, 11) is 1.63. The first-order valence-electron chi connectivity index (χ1n) is 6.16. The summed E-state index contributed by atoms with van der Waals surface area (Å²) >= 11 is 0. The maximum Gasteiger partial charge on any atom is 0.371 e. The van der Waals surface area contributed by atoms with E-state index in [9.17, 15) is 4.79 Å². The number of ether oxygens (including phenoxy) is 3. The maximum absolute atomic E-state index is 10.7. The summed E-state index contributed by atoms with van der Waals surface area (Å²) in [6.07, 6.45) is 0.493. The normalized spacial score (nSPS) is 12.5. The molecule has 0 radical (unpaired) electrons. The van der Waals surface area contributed by atoms with Crippen molar-refractivity contribution in [2.75, 3.05) is 33.5 Å². The molecule has 1 rings (SSSR count). The molecule has 1 N–H and O–H groups in total. The number of hydrogen-bond acceptors (Lipinski definition) is 5. The second-order valence-corrected chi connectivity index (χ2v) is 3.98. The van der Waals surface area contributed by atoms with Crippen LogP contribution >= 0.6 is 0 Å². The fourth-order valence-corrected chi connectivity index (χ4v) is 1.43. The molecule has 0 bridgehead atoms. The van der Waals surface area contributed by atoms with Crippen LogP contribution in [0, 0.1) is 0 Å². The Hall–Kier alpha value is -1.37. The molecular weight excluding hydrogens is 252 g/mol. The van der Waals surface area contributed by atoms with Gasteiger partial charge in [-0.3, -0.25) is 0 Å². The number of methoxy groups -OCH3 is 1. The van der Waals surface area contributed by atoms with E-state index in [-0.39, 0.29) is 11.9 Å². The van der Waals surface area contributed by atoms with E-state index in [1.165, 1.54) is 6.07 Å². The smallest absolute Gasteiger partial charge is 0.371 e. The van der Waals surface area contributed by atoms with Gasteiger partial charge in [-0.25, -0.2) is 4.79 Å². The molecule has 0 saturated carbocycles. The lowest BCUT2D eigenvalue weighted by atomic mass is 10.3. The minimum Gasteiger partial charge on any atom is -0.475 e. The third-order valence-electron chi connectivity index (χ3n) is 2.47. The summed E-state index contributed by atoms with van der Waals surface area (Å²) in [5.74, 6) is -0.643. The number of rotatable bonds is 10. The van der Waals surface area contributed by atoms with Crippen molar-refractivity contribution in [1.82, 2.24) is 0 Å². The van der Waals surface area contributed by atoms with Crippen molar-refractivity contribution in [2.45, 2.75) is 19.4 Å². The third kappa shape index (κ3) is 5.87. The van der Waals surface area contributed by atoms with Crippen LogP contribution in [0.2, 0.25) is 0 Å². The Morgan fingerprint density at radius 1 is 1.32 bits per heavy atom. The number of carboxylic acids is 1. The van der Waals surface area contributed by atoms with Crippen molar-refractivity contribution in [2.24, 2.45) is 0 Å². The van der Waals surface area contributed by atoms with Crippen LogP contribution in [-0.4, -0.2) is 44.6 Å². The van der Waals surface area contributed by atoms with Gasteiger partial charge >= 0.3 is 5.97 Å². The predicted octanol–water partition coefficient (Wildman–Crippen LogP) is 2.11. The highest BCUT2D eigenvalue weighted by Gasteiger charge is 2.14. The van der Waals surface area contributed by atoms with Gasteiger partial charge in [0.2, 0.25) is 5.76 Å². The number of carboxylic acid groups (broad SMARTS) is 1. The topological polar surface area (TPSA) is 78.1 Å². The number of furan rings is 1. The Kier molecular flexibility index (Phi) is 7.17. The van der Waals surface area contributed by atoms with E-state index in [4.69, 9.17) is 23.7 Å². The highest BCUT2D eigenvalue weighted by atomic mass is 16.5. The van der Waals surface area contributed by atoms with Gasteiger partial charge in [0.05, 0.1) is 13.2 Å². The maximum atomic E-state index is 10.7. The molecule has 1 unspecified atom stereocenters. The van der Waals surface area contributed by atoms with Crippen LogP contribution in [0.15, 0.2) is 16.5 Å². The highest BCUT2D eigenvalue weighted by molar-refractivity contribution is 5.84. The molecule has 0 saturated heterocycles. The van der Waals surface area contributed by atoms with Gasteiger partial charge in [0, 0.05) is 20.3 Å². The summed E-state index contributed by atoms with van der Waals surface area (Å²) in [4.78, 5) is 10.7. The van der Waals surface area contributed by atoms with Crippen LogP contribution in [0.3, 0.4) is 0 Å². The van der Waals surface area contributed by atoms with E-state index < -0.39 is 5.97 Å². The SMILES string of the molecule is COCCOCCCOC(C)c1ccc(C(=O)O)o1. The first-order valence-corrected chi connectivity index (χ1v) is 6.16. The first kappa shape index (κ1) is 15.7. The van der Waals surface area contributed by atoms with E-state index in [0.29, 0.717) is 32.2 Å². The standard InChI is InChI=1S/C13H20O6/c1-10(11-4-5-12(19-11)13(14)15)18-7-3-6-17-9-8-16-2/h4-5,10H,3,6-9H2,1-2H3,(H,14,15). The molecule has 6 nitrogen and oxygen atoms in total. The van der Waals surface area contributed by atoms with E-state index in [0.717, 1.165) is 6.42 Å². The quantitative estimate of drug-likeness (QED) is 0.657. The Bertz CT molecular complexity index is 373. The first-order chi connectivity index (χ1) is 9.15. The average Bonchev–Trinajstić information content (AvgIpc) is 2.87. The van der Waals surface area contributed by atoms with E-state index in [2.05, 4.69) is 0 Å². The van der Waals surface area contributed by atoms with Crippen LogP contribution in [0.5, 0.6) is 0 Å². The monoisotopic (exact) mass is 272 g/mol. The molecular formula is C13H20O6. The van der Waals surface area contributed by atoms with Crippen molar-refractivity contribution in [1.29, 1.82) is 0 Å². The average molecular weight is 272 g/mol. The summed E-state index contributed by atoms with van der Waals surface area (Å²) in [5.41, 5.74) is 0. The summed E-state index contributed by atoms with van der Waals surface area (Å²) in [6.45, 7) is 4.11. The van der Waals surface area contributed by atoms with Gasteiger partial charge in [-0.2, -0.15) is 0 Å². The van der Waals surface area contributed by atoms with Crippen molar-refractivity contribution < 1.29 is 28.5 Å². The van der Waals surface area contributed by atoms with Crippen molar-refractivity contribution in [3.8, 4) is 0 Å². The Morgan fingerprint density at radius 2 is 2.11 bits per heavy atom. The van der Waals surface area contributed by atoms with Crippen LogP contribution in [0.25, 0.3) is 0 Å². The molecule has 19 heavy (non-hydrogen) atoms. The number of hydrogen-bond donors (Lipinski definition) is 1. The fraction of sp³-hybridized carbons (Fsp3) is 0.615. The predicted molar refractivity (Wildman–Crippen MR) is 67.3 cm³/mol. The molecule has 0 aliphatic carbocycles. The lowest BCUT2D eigenvalue weighted by Crippen LogP contribution is -2.07. The van der Waals surface area contributed by atoms with Crippen LogP contribution < -0.4 is 0 Å². The molecule has 0 fully saturated rings. The van der Waals surface area contributed by atoms with E-state index >= 15 is 0 Å². The molecule has 1 aromatic heterocycles. The van der Waals surface area contributed by atoms with Crippen molar-refractivity contribution >= 4 is 5.97 Å². The van der Waals surface area contributed by atoms with E-state index in [1.807, 2.05) is 6.92 Å². The van der Waals surface area contributed by atoms with Crippen molar-refractivity contribution in [3.05, 3.63) is 23.7 Å². The van der Waals surface area contributed by atoms with Crippen LogP contribution in [-0.2, 0) is 14.2 Å². The van der Waals surface area contributed by atoms with Gasteiger partial charge in [-0.1, -0.05) is 0 Å². The summed E-state index contributed by atoms with van der Waals surface area (Å²) in [5, 5.41) is 8.74. The molecule has 6 heteroatoms. The molecule has 1 heterocycles. The molecule has 1 atom stereocenters. The van der Waals surface area contributed by atoms with Gasteiger partial charge in [0.15, 0.2) is 0 Å². The zero-order valence-corrected chi connectivity index (χ0v) is 11.3. The second-order valence-electron chi connectivity index (χ2n) is 3.98. The fourth-order valence-electron chi connectivity index (χ4n) is 1.43. The van der Waals surface area contributed by atoms with Gasteiger partial charge in [-0.15, -0.1) is 0 Å². The van der Waals surface area contributed by atoms with E-state index in [1.54, 1.807) is 13.2 Å². The number of aromatic carboxylic acids is 1. The van der Waals surface area contributed by atoms with Crippen LogP contribution in [0.4, 0.5) is 0 Å². The zero-order valence-electron chi connectivity index (χ0n) is 11.3. The summed E-state index contributed by atoms with van der Waals surface area (Å²) in [6, 6.07) is 3.04. The lowest BCUT2D eigenvalue weighted by Gasteiger charge is -2.10. The minimum atomic E-state index is -1.08. The number of carbonyl (C=O) groups is 1. The molecule has 0 spiro atoms. The molecule has 0 aliphatic heterocycles. The largest absolute Gasteiger partial charge is 0.475 e. The van der Waals surface area contributed by atoms with Gasteiger partial charge in [0.25, 0.3) is 0 Å². The Labute approximate surface area is 112 Å². The zero-order chi connectivity index (χ0) is 14.1. The second kappa shape index (κ2) is 8.68. The van der Waals surface area contributed by atoms with Crippen molar-refractivity contribution in [3.63, 3.8) is 0 Å². The lowest BCUT2D eigenvalue weighted by molar-refractivity contribution is 0.0213. The Balaban J connectivity index is 2.16. The van der Waals surface area contributed by atoms with Gasteiger partial charge in [0.1, 0.15) is 11.9 Å². The highest BCUT2D eigenvalue weighted by Crippen LogP contribution is 2.19.